The van der Waals surface area contributed by atoms with Gasteiger partial charge in [0.15, 0.2) is 5.76 Å². The summed E-state index contributed by atoms with van der Waals surface area (Å²) < 4.78 is 5.18. The van der Waals surface area contributed by atoms with Gasteiger partial charge in [-0.05, 0) is 25.1 Å². The minimum atomic E-state index is -0.315. The topological polar surface area (TPSA) is 109 Å². The van der Waals surface area contributed by atoms with Crippen molar-refractivity contribution >= 4 is 17.5 Å². The fraction of sp³-hybridized carbons (Fsp3) is 0.318. The highest BCUT2D eigenvalue weighted by atomic mass is 16.3. The molecule has 3 N–H and O–H groups in total. The molecule has 30 heavy (non-hydrogen) atoms. The SMILES string of the molecule is NC1=C(NCCCN2CCN(C(=O)c3ccco3)CC2)C(=O)c2ccccc2C1=O. The van der Waals surface area contributed by atoms with Gasteiger partial charge in [-0.25, -0.2) is 0 Å². The van der Waals surface area contributed by atoms with Gasteiger partial charge in [0.1, 0.15) is 11.4 Å². The molecule has 2 aromatic rings. The summed E-state index contributed by atoms with van der Waals surface area (Å²) in [6, 6.07) is 10.1. The third-order valence-corrected chi connectivity index (χ3v) is 5.50. The molecule has 8 heteroatoms. The highest BCUT2D eigenvalue weighted by molar-refractivity contribution is 6.26. The van der Waals surface area contributed by atoms with Crippen molar-refractivity contribution in [3.63, 3.8) is 0 Å². The van der Waals surface area contributed by atoms with Gasteiger partial charge >= 0.3 is 0 Å². The lowest BCUT2D eigenvalue weighted by atomic mass is 9.90. The van der Waals surface area contributed by atoms with E-state index in [1.165, 1.54) is 6.26 Å². The highest BCUT2D eigenvalue weighted by Crippen LogP contribution is 2.22. The first-order chi connectivity index (χ1) is 14.6. The molecule has 8 nitrogen and oxygen atoms in total. The number of fused-ring (bicyclic) bond motifs is 1. The van der Waals surface area contributed by atoms with Gasteiger partial charge in [0.05, 0.1) is 6.26 Å². The molecule has 0 unspecified atom stereocenters. The second-order valence-corrected chi connectivity index (χ2v) is 7.38. The molecular weight excluding hydrogens is 384 g/mol. The first-order valence-electron chi connectivity index (χ1n) is 10.0. The third-order valence-electron chi connectivity index (χ3n) is 5.50. The van der Waals surface area contributed by atoms with Gasteiger partial charge in [-0.1, -0.05) is 24.3 Å². The lowest BCUT2D eigenvalue weighted by Gasteiger charge is -2.34. The van der Waals surface area contributed by atoms with Gasteiger partial charge in [0, 0.05) is 43.9 Å². The van der Waals surface area contributed by atoms with Crippen LogP contribution in [0.5, 0.6) is 0 Å². The number of nitrogens with two attached hydrogens (primary N) is 1. The van der Waals surface area contributed by atoms with Gasteiger partial charge in [0.25, 0.3) is 5.91 Å². The first-order valence-corrected chi connectivity index (χ1v) is 10.0. The van der Waals surface area contributed by atoms with E-state index < -0.39 is 0 Å². The number of carbonyl (C=O) groups is 3. The maximum atomic E-state index is 12.7. The van der Waals surface area contributed by atoms with E-state index in [0.29, 0.717) is 36.5 Å². The summed E-state index contributed by atoms with van der Waals surface area (Å²) in [5.41, 5.74) is 6.83. The lowest BCUT2D eigenvalue weighted by molar-refractivity contribution is 0.0605. The van der Waals surface area contributed by atoms with Gasteiger partial charge in [-0.2, -0.15) is 0 Å². The van der Waals surface area contributed by atoms with Crippen LogP contribution in [0.4, 0.5) is 0 Å². The van der Waals surface area contributed by atoms with Gasteiger partial charge in [0.2, 0.25) is 11.6 Å². The molecule has 1 saturated heterocycles. The Bertz CT molecular complexity index is 988. The van der Waals surface area contributed by atoms with Crippen LogP contribution in [0, 0.1) is 0 Å². The predicted molar refractivity (Wildman–Crippen MR) is 110 cm³/mol. The number of piperazine rings is 1. The number of hydrogen-bond acceptors (Lipinski definition) is 7. The van der Waals surface area contributed by atoms with Crippen molar-refractivity contribution in [2.45, 2.75) is 6.42 Å². The molecule has 4 rings (SSSR count). The molecule has 1 aromatic heterocycles. The first kappa shape index (κ1) is 19.9. The summed E-state index contributed by atoms with van der Waals surface area (Å²) in [7, 11) is 0. The molecule has 1 fully saturated rings. The summed E-state index contributed by atoms with van der Waals surface area (Å²) in [5.74, 6) is -0.269. The van der Waals surface area contributed by atoms with E-state index in [9.17, 15) is 14.4 Å². The minimum Gasteiger partial charge on any atom is -0.459 e. The normalized spacial score (nSPS) is 17.3. The number of nitrogens with one attached hydrogen (secondary N) is 1. The van der Waals surface area contributed by atoms with E-state index in [1.54, 1.807) is 41.3 Å². The van der Waals surface area contributed by atoms with Crippen LogP contribution in [-0.4, -0.2) is 66.5 Å². The summed E-state index contributed by atoms with van der Waals surface area (Å²) in [6.07, 6.45) is 2.29. The molecular formula is C22H24N4O4. The standard InChI is InChI=1S/C22H24N4O4/c23-18-19(21(28)16-6-2-1-5-15(16)20(18)27)24-8-4-9-25-10-12-26(13-11-25)22(29)17-7-3-14-30-17/h1-3,5-7,14,24H,4,8-13,23H2. The van der Waals surface area contributed by atoms with Crippen LogP contribution >= 0.6 is 0 Å². The van der Waals surface area contributed by atoms with Crippen molar-refractivity contribution in [1.82, 2.24) is 15.1 Å². The molecule has 156 valence electrons. The number of carbonyl (C=O) groups excluding carboxylic acids is 3. The van der Waals surface area contributed by atoms with Crippen LogP contribution in [0.25, 0.3) is 0 Å². The van der Waals surface area contributed by atoms with Crippen LogP contribution < -0.4 is 11.1 Å². The second kappa shape index (κ2) is 8.54. The van der Waals surface area contributed by atoms with Crippen molar-refractivity contribution in [2.75, 3.05) is 39.3 Å². The number of furan rings is 1. The Morgan fingerprint density at radius 1 is 1.00 bits per heavy atom. The molecule has 0 atom stereocenters. The Morgan fingerprint density at radius 3 is 2.37 bits per heavy atom. The van der Waals surface area contributed by atoms with Gasteiger partial charge in [-0.3, -0.25) is 19.3 Å². The number of rotatable bonds is 6. The van der Waals surface area contributed by atoms with E-state index in [4.69, 9.17) is 10.2 Å². The average Bonchev–Trinajstić information content (AvgIpc) is 3.32. The summed E-state index contributed by atoms with van der Waals surface area (Å²) in [6.45, 7) is 4.21. The van der Waals surface area contributed by atoms with Crippen molar-refractivity contribution in [1.29, 1.82) is 0 Å². The highest BCUT2D eigenvalue weighted by Gasteiger charge is 2.30. The lowest BCUT2D eigenvalue weighted by Crippen LogP contribution is -2.49. The quantitative estimate of drug-likeness (QED) is 0.693. The molecule has 2 aliphatic rings. The predicted octanol–water partition coefficient (Wildman–Crippen LogP) is 1.27. The smallest absolute Gasteiger partial charge is 0.289 e. The Hall–Kier alpha value is -3.39. The average molecular weight is 408 g/mol. The van der Waals surface area contributed by atoms with Gasteiger partial charge in [-0.15, -0.1) is 0 Å². The number of allylic oxidation sites excluding steroid dienone is 2. The molecule has 0 bridgehead atoms. The van der Waals surface area contributed by atoms with Crippen molar-refractivity contribution in [3.05, 3.63) is 70.9 Å². The maximum absolute atomic E-state index is 12.7. The number of ketones is 2. The molecule has 2 heterocycles. The Morgan fingerprint density at radius 2 is 1.70 bits per heavy atom. The van der Waals surface area contributed by atoms with Gasteiger partial charge < -0.3 is 20.4 Å². The summed E-state index contributed by atoms with van der Waals surface area (Å²) in [5, 5.41) is 3.06. The number of Topliss-reactive ketones (excluding diaryl/α,β-unsaturated/α-hetero) is 2. The number of amides is 1. The monoisotopic (exact) mass is 408 g/mol. The van der Waals surface area contributed by atoms with Crippen LogP contribution in [0.1, 0.15) is 37.7 Å². The minimum absolute atomic E-state index is 0.0243. The Kier molecular flexibility index (Phi) is 5.67. The maximum Gasteiger partial charge on any atom is 0.289 e. The molecule has 0 radical (unpaired) electrons. The number of nitrogens with zero attached hydrogens (tertiary/aromatic N) is 2. The zero-order valence-electron chi connectivity index (χ0n) is 16.6. The van der Waals surface area contributed by atoms with Crippen LogP contribution in [0.3, 0.4) is 0 Å². The van der Waals surface area contributed by atoms with E-state index >= 15 is 0 Å². The second-order valence-electron chi connectivity index (χ2n) is 7.38. The van der Waals surface area contributed by atoms with Crippen molar-refractivity contribution in [3.8, 4) is 0 Å². The summed E-state index contributed by atoms with van der Waals surface area (Å²) >= 11 is 0. The van der Waals surface area contributed by atoms with E-state index in [0.717, 1.165) is 26.1 Å². The molecule has 1 aliphatic heterocycles. The van der Waals surface area contributed by atoms with Crippen molar-refractivity contribution in [2.24, 2.45) is 5.73 Å². The largest absolute Gasteiger partial charge is 0.459 e. The molecule has 1 aliphatic carbocycles. The van der Waals surface area contributed by atoms with Crippen molar-refractivity contribution < 1.29 is 18.8 Å². The van der Waals surface area contributed by atoms with Crippen LogP contribution in [0.2, 0.25) is 0 Å². The number of benzene rings is 1. The molecule has 0 spiro atoms. The molecule has 0 saturated carbocycles. The molecule has 1 aromatic carbocycles. The zero-order valence-corrected chi connectivity index (χ0v) is 16.6. The van der Waals surface area contributed by atoms with E-state index in [2.05, 4.69) is 10.2 Å². The van der Waals surface area contributed by atoms with E-state index in [1.807, 2.05) is 0 Å². The zero-order chi connectivity index (χ0) is 21.1. The fourth-order valence-electron chi connectivity index (χ4n) is 3.82. The molecule has 1 amide bonds. The Balaban J connectivity index is 1.24. The number of hydrogen-bond donors (Lipinski definition) is 2. The third kappa shape index (κ3) is 3.86. The van der Waals surface area contributed by atoms with Crippen LogP contribution in [-0.2, 0) is 0 Å². The summed E-state index contributed by atoms with van der Waals surface area (Å²) in [4.78, 5) is 41.4. The fourth-order valence-corrected chi connectivity index (χ4v) is 3.82. The van der Waals surface area contributed by atoms with Crippen LogP contribution in [0.15, 0.2) is 58.5 Å². The Labute approximate surface area is 174 Å². The van der Waals surface area contributed by atoms with E-state index in [-0.39, 0.29) is 28.9 Å².